The van der Waals surface area contributed by atoms with Gasteiger partial charge in [-0.2, -0.15) is 0 Å². The van der Waals surface area contributed by atoms with Crippen LogP contribution in [0, 0.1) is 0 Å². The van der Waals surface area contributed by atoms with Crippen molar-refractivity contribution in [2.24, 2.45) is 0 Å². The van der Waals surface area contributed by atoms with Crippen molar-refractivity contribution in [2.75, 3.05) is 19.8 Å². The van der Waals surface area contributed by atoms with Gasteiger partial charge in [0.1, 0.15) is 48.8 Å². The molecule has 2 aliphatic heterocycles. The van der Waals surface area contributed by atoms with Crippen molar-refractivity contribution in [1.29, 1.82) is 0 Å². The number of carbonyl (C=O) groups excluding carboxylic acids is 1. The number of rotatable bonds is 35. The summed E-state index contributed by atoms with van der Waals surface area (Å²) in [6.07, 6.45) is 23.0. The highest BCUT2D eigenvalue weighted by Crippen LogP contribution is 2.30. The van der Waals surface area contributed by atoms with Gasteiger partial charge < -0.3 is 65.1 Å². The Morgan fingerprint density at radius 3 is 1.61 bits per heavy atom. The molecule has 12 unspecified atom stereocenters. The van der Waals surface area contributed by atoms with Gasteiger partial charge in [-0.1, -0.05) is 127 Å². The second kappa shape index (κ2) is 35.2. The Morgan fingerprint density at radius 1 is 0.565 bits per heavy atom. The van der Waals surface area contributed by atoms with Gasteiger partial charge in [-0.3, -0.25) is 4.79 Å². The molecule has 12 atom stereocenters. The van der Waals surface area contributed by atoms with E-state index in [9.17, 15) is 45.6 Å². The van der Waals surface area contributed by atoms with Crippen LogP contribution in [-0.2, 0) is 23.7 Å². The van der Waals surface area contributed by atoms with Gasteiger partial charge in [0.05, 0.1) is 32.0 Å². The zero-order valence-corrected chi connectivity index (χ0v) is 37.8. The van der Waals surface area contributed by atoms with Crippen LogP contribution in [0.3, 0.4) is 0 Å². The average Bonchev–Trinajstić information content (AvgIpc) is 3.27. The predicted molar refractivity (Wildman–Crippen MR) is 240 cm³/mol. The number of aliphatic hydroxyl groups excluding tert-OH is 8. The molecule has 2 aliphatic rings. The van der Waals surface area contributed by atoms with Crippen molar-refractivity contribution >= 4 is 5.91 Å². The van der Waals surface area contributed by atoms with Gasteiger partial charge in [0.25, 0.3) is 0 Å². The summed E-state index contributed by atoms with van der Waals surface area (Å²) in [4.78, 5) is 13.1. The maximum absolute atomic E-state index is 13.1. The summed E-state index contributed by atoms with van der Waals surface area (Å²) in [6, 6.07) is -0.940. The highest BCUT2D eigenvalue weighted by Gasteiger charge is 2.50. The number of unbranched alkanes of at least 4 members (excludes halogenated alkanes) is 16. The van der Waals surface area contributed by atoms with Crippen LogP contribution in [0.2, 0.25) is 0 Å². The lowest BCUT2D eigenvalue weighted by molar-refractivity contribution is -0.359. The minimum atomic E-state index is -1.79. The molecule has 0 saturated carbocycles. The molecule has 2 rings (SSSR count). The molecule has 0 spiro atoms. The lowest BCUT2D eigenvalue weighted by Crippen LogP contribution is -2.65. The molecular weight excluding hydrogens is 799 g/mol. The first-order valence-corrected chi connectivity index (χ1v) is 23.9. The molecule has 14 nitrogen and oxygen atoms in total. The first kappa shape index (κ1) is 56.1. The SMILES string of the molecule is CCCCC/C=C/CC/C=C/CC/C=C/C(O)C(COC1OC(CO)C(OC2OC(CO)C(O)C(O)C2O)C(O)C1O)NC(=O)CCCCCCC/C=C\CCCCCCCC. The Balaban J connectivity index is 1.91. The first-order valence-electron chi connectivity index (χ1n) is 23.9. The van der Waals surface area contributed by atoms with Gasteiger partial charge in [-0.25, -0.2) is 0 Å². The summed E-state index contributed by atoms with van der Waals surface area (Å²) in [5.41, 5.74) is 0. The number of nitrogens with one attached hydrogen (secondary N) is 1. The summed E-state index contributed by atoms with van der Waals surface area (Å²) in [5, 5.41) is 86.5. The van der Waals surface area contributed by atoms with Crippen LogP contribution in [-0.4, -0.2) is 140 Å². The van der Waals surface area contributed by atoms with Crippen LogP contribution in [0.15, 0.2) is 48.6 Å². The minimum absolute atomic E-state index is 0.259. The van der Waals surface area contributed by atoms with E-state index in [1.54, 1.807) is 6.08 Å². The maximum Gasteiger partial charge on any atom is 0.220 e. The van der Waals surface area contributed by atoms with E-state index in [0.717, 1.165) is 64.2 Å². The number of hydrogen-bond donors (Lipinski definition) is 9. The first-order chi connectivity index (χ1) is 30.1. The van der Waals surface area contributed by atoms with Crippen LogP contribution >= 0.6 is 0 Å². The number of aliphatic hydroxyl groups is 8. The van der Waals surface area contributed by atoms with E-state index in [1.807, 2.05) is 6.08 Å². The Bertz CT molecular complexity index is 1230. The van der Waals surface area contributed by atoms with Gasteiger partial charge in [0, 0.05) is 6.42 Å². The molecule has 2 fully saturated rings. The maximum atomic E-state index is 13.1. The molecule has 360 valence electrons. The summed E-state index contributed by atoms with van der Waals surface area (Å²) in [6.45, 7) is 2.69. The highest BCUT2D eigenvalue weighted by molar-refractivity contribution is 5.76. The summed E-state index contributed by atoms with van der Waals surface area (Å²) < 4.78 is 22.6. The van der Waals surface area contributed by atoms with Gasteiger partial charge in [-0.15, -0.1) is 0 Å². The predicted octanol–water partition coefficient (Wildman–Crippen LogP) is 5.32. The number of amides is 1. The Hall–Kier alpha value is -2.05. The van der Waals surface area contributed by atoms with Crippen molar-refractivity contribution in [3.8, 4) is 0 Å². The fourth-order valence-electron chi connectivity index (χ4n) is 7.49. The van der Waals surface area contributed by atoms with Crippen molar-refractivity contribution in [3.63, 3.8) is 0 Å². The quantitative estimate of drug-likeness (QED) is 0.0291. The van der Waals surface area contributed by atoms with E-state index in [4.69, 9.17) is 18.9 Å². The fourth-order valence-corrected chi connectivity index (χ4v) is 7.49. The van der Waals surface area contributed by atoms with E-state index in [0.29, 0.717) is 12.8 Å². The molecule has 0 aromatic carbocycles. The Kier molecular flexibility index (Phi) is 31.9. The highest BCUT2D eigenvalue weighted by atomic mass is 16.7. The molecule has 1 amide bonds. The number of hydrogen-bond acceptors (Lipinski definition) is 13. The third kappa shape index (κ3) is 22.7. The minimum Gasteiger partial charge on any atom is -0.394 e. The fraction of sp³-hybridized carbons (Fsp3) is 0.812. The molecule has 0 aromatic rings. The second-order valence-electron chi connectivity index (χ2n) is 16.9. The van der Waals surface area contributed by atoms with Crippen molar-refractivity contribution in [3.05, 3.63) is 48.6 Å². The van der Waals surface area contributed by atoms with E-state index < -0.39 is 86.8 Å². The van der Waals surface area contributed by atoms with Gasteiger partial charge in [0.15, 0.2) is 12.6 Å². The van der Waals surface area contributed by atoms with Gasteiger partial charge in [-0.05, 0) is 70.6 Å². The van der Waals surface area contributed by atoms with Crippen LogP contribution in [0.25, 0.3) is 0 Å². The van der Waals surface area contributed by atoms with Crippen molar-refractivity contribution in [1.82, 2.24) is 5.32 Å². The molecule has 62 heavy (non-hydrogen) atoms. The molecule has 14 heteroatoms. The zero-order chi connectivity index (χ0) is 45.4. The zero-order valence-electron chi connectivity index (χ0n) is 37.8. The molecule has 0 radical (unpaired) electrons. The molecule has 0 aromatic heterocycles. The number of allylic oxidation sites excluding steroid dienone is 7. The van der Waals surface area contributed by atoms with Gasteiger partial charge >= 0.3 is 0 Å². The third-order valence-corrected chi connectivity index (χ3v) is 11.5. The molecule has 0 bridgehead atoms. The Labute approximate surface area is 372 Å². The molecule has 0 aliphatic carbocycles. The molecule has 9 N–H and O–H groups in total. The van der Waals surface area contributed by atoms with Gasteiger partial charge in [0.2, 0.25) is 5.91 Å². The van der Waals surface area contributed by atoms with Crippen LogP contribution in [0.1, 0.15) is 155 Å². The standard InChI is InChI=1S/C48H85NO13/c1-3-5-7-9-11-13-15-17-18-20-22-24-26-28-30-32-40(53)49-36(37(52)31-29-27-25-23-21-19-16-14-12-10-8-6-4-2)35-59-47-45(58)43(56)46(39(34-51)61-47)62-48-44(57)42(55)41(54)38(33-50)60-48/h12,14,17-18,21,23,29,31,36-39,41-48,50-52,54-58H,3-11,13,15-16,19-20,22,24-28,30,32-35H2,1-2H3,(H,49,53)/b14-12+,18-17-,23-21+,31-29+. The lowest BCUT2D eigenvalue weighted by atomic mass is 9.97. The van der Waals surface area contributed by atoms with Crippen LogP contribution < -0.4 is 5.32 Å². The normalized spacial score (nSPS) is 28.2. The van der Waals surface area contributed by atoms with Crippen LogP contribution in [0.4, 0.5) is 0 Å². The van der Waals surface area contributed by atoms with E-state index in [-0.39, 0.29) is 18.9 Å². The third-order valence-electron chi connectivity index (χ3n) is 11.5. The van der Waals surface area contributed by atoms with E-state index >= 15 is 0 Å². The average molecular weight is 884 g/mol. The smallest absolute Gasteiger partial charge is 0.220 e. The summed E-state index contributed by atoms with van der Waals surface area (Å²) >= 11 is 0. The Morgan fingerprint density at radius 2 is 1.03 bits per heavy atom. The van der Waals surface area contributed by atoms with E-state index in [1.165, 1.54) is 57.8 Å². The summed E-state index contributed by atoms with van der Waals surface area (Å²) in [5.74, 6) is -0.266. The topological polar surface area (TPSA) is 228 Å². The van der Waals surface area contributed by atoms with Crippen molar-refractivity contribution in [2.45, 2.75) is 229 Å². The van der Waals surface area contributed by atoms with E-state index in [2.05, 4.69) is 55.6 Å². The second-order valence-corrected chi connectivity index (χ2v) is 16.9. The summed E-state index contributed by atoms with van der Waals surface area (Å²) in [7, 11) is 0. The number of ether oxygens (including phenoxy) is 4. The molecular formula is C48H85NO13. The van der Waals surface area contributed by atoms with Crippen LogP contribution in [0.5, 0.6) is 0 Å². The molecule has 2 heterocycles. The lowest BCUT2D eigenvalue weighted by Gasteiger charge is -2.46. The van der Waals surface area contributed by atoms with Crippen molar-refractivity contribution < 1.29 is 64.6 Å². The largest absolute Gasteiger partial charge is 0.394 e. The number of carbonyl (C=O) groups is 1. The molecule has 2 saturated heterocycles. The monoisotopic (exact) mass is 884 g/mol.